The summed E-state index contributed by atoms with van der Waals surface area (Å²) in [4.78, 5) is 26.5. The summed E-state index contributed by atoms with van der Waals surface area (Å²) >= 11 is 0. The van der Waals surface area contributed by atoms with Crippen LogP contribution in [0.15, 0.2) is 30.3 Å². The standard InChI is InChI=1S/C43H74O8/c1-5-7-9-11-13-15-17-19-21-23-28-32-38(44)50-41-40(48-34-36-30-26-25-27-31-36)37(35-46-3)49-43(47-4)42(41)51-39(45)33-29-24-22-20-18-16-14-12-10-8-6-2/h25-27,30-31,37,40-43H,5-24,28-29,32-35H2,1-4H3/t37-,40-,41+,42-,43+/m1/s1. The second-order valence-electron chi connectivity index (χ2n) is 14.5. The van der Waals surface area contributed by atoms with Gasteiger partial charge in [0.15, 0.2) is 18.5 Å². The molecule has 5 atom stereocenters. The van der Waals surface area contributed by atoms with Crippen LogP contribution in [0.5, 0.6) is 0 Å². The Morgan fingerprint density at radius 2 is 1.00 bits per heavy atom. The lowest BCUT2D eigenvalue weighted by Crippen LogP contribution is -2.62. The Morgan fingerprint density at radius 3 is 1.43 bits per heavy atom. The van der Waals surface area contributed by atoms with Gasteiger partial charge in [-0.05, 0) is 18.4 Å². The highest BCUT2D eigenvalue weighted by atomic mass is 16.7. The van der Waals surface area contributed by atoms with E-state index in [2.05, 4.69) is 13.8 Å². The normalized spacial score (nSPS) is 20.4. The van der Waals surface area contributed by atoms with Crippen molar-refractivity contribution in [3.63, 3.8) is 0 Å². The van der Waals surface area contributed by atoms with Crippen LogP contribution >= 0.6 is 0 Å². The lowest BCUT2D eigenvalue weighted by molar-refractivity contribution is -0.309. The highest BCUT2D eigenvalue weighted by molar-refractivity contribution is 5.70. The van der Waals surface area contributed by atoms with Gasteiger partial charge >= 0.3 is 11.9 Å². The Balaban J connectivity index is 1.94. The third-order valence-corrected chi connectivity index (χ3v) is 9.94. The molecule has 8 heteroatoms. The van der Waals surface area contributed by atoms with Crippen molar-refractivity contribution in [3.8, 4) is 0 Å². The largest absolute Gasteiger partial charge is 0.455 e. The van der Waals surface area contributed by atoms with E-state index in [-0.39, 0.29) is 25.2 Å². The van der Waals surface area contributed by atoms with E-state index in [0.717, 1.165) is 44.1 Å². The molecule has 1 aliphatic heterocycles. The topological polar surface area (TPSA) is 89.5 Å². The minimum atomic E-state index is -0.967. The molecular formula is C43H74O8. The average Bonchev–Trinajstić information content (AvgIpc) is 3.14. The van der Waals surface area contributed by atoms with E-state index in [4.69, 9.17) is 28.4 Å². The zero-order valence-electron chi connectivity index (χ0n) is 32.9. The van der Waals surface area contributed by atoms with Crippen molar-refractivity contribution in [1.29, 1.82) is 0 Å². The molecule has 1 aliphatic rings. The SMILES string of the molecule is CCCCCCCCCCCCCC(=O)O[C@@H]1[C@@H](OC(=O)CCCCCCCCCCCCC)[C@@H](OC)O[C@H](COC)[C@H]1OCc1ccccc1. The van der Waals surface area contributed by atoms with Gasteiger partial charge in [-0.1, -0.05) is 173 Å². The van der Waals surface area contributed by atoms with Crippen LogP contribution in [-0.2, 0) is 44.6 Å². The first kappa shape index (κ1) is 45.2. The number of methoxy groups -OCH3 is 2. The number of carbonyl (C=O) groups is 2. The van der Waals surface area contributed by atoms with E-state index >= 15 is 0 Å². The molecule has 51 heavy (non-hydrogen) atoms. The molecule has 0 amide bonds. The Labute approximate surface area is 311 Å². The van der Waals surface area contributed by atoms with Crippen molar-refractivity contribution in [2.24, 2.45) is 0 Å². The molecule has 2 rings (SSSR count). The van der Waals surface area contributed by atoms with Crippen molar-refractivity contribution >= 4 is 11.9 Å². The molecule has 0 aromatic heterocycles. The highest BCUT2D eigenvalue weighted by Gasteiger charge is 2.51. The van der Waals surface area contributed by atoms with E-state index in [0.29, 0.717) is 12.8 Å². The lowest BCUT2D eigenvalue weighted by atomic mass is 9.97. The minimum absolute atomic E-state index is 0.200. The fourth-order valence-electron chi connectivity index (χ4n) is 6.88. The molecule has 1 aromatic rings. The van der Waals surface area contributed by atoms with Crippen molar-refractivity contribution in [1.82, 2.24) is 0 Å². The number of hydrogen-bond acceptors (Lipinski definition) is 8. The van der Waals surface area contributed by atoms with Gasteiger partial charge in [-0.3, -0.25) is 9.59 Å². The maximum absolute atomic E-state index is 13.3. The fourth-order valence-corrected chi connectivity index (χ4v) is 6.88. The lowest BCUT2D eigenvalue weighted by Gasteiger charge is -2.44. The van der Waals surface area contributed by atoms with Gasteiger partial charge in [0.25, 0.3) is 0 Å². The van der Waals surface area contributed by atoms with E-state index in [1.165, 1.54) is 110 Å². The predicted octanol–water partition coefficient (Wildman–Crippen LogP) is 10.8. The zero-order chi connectivity index (χ0) is 36.8. The second kappa shape index (κ2) is 30.5. The molecule has 8 nitrogen and oxygen atoms in total. The molecule has 0 bridgehead atoms. The Bertz CT molecular complexity index is 972. The maximum atomic E-state index is 13.3. The first-order valence-electron chi connectivity index (χ1n) is 20.8. The van der Waals surface area contributed by atoms with E-state index in [9.17, 15) is 9.59 Å². The van der Waals surface area contributed by atoms with Crippen molar-refractivity contribution < 1.29 is 38.0 Å². The predicted molar refractivity (Wildman–Crippen MR) is 204 cm³/mol. The van der Waals surface area contributed by atoms with Crippen LogP contribution in [0.3, 0.4) is 0 Å². The molecule has 1 heterocycles. The molecule has 0 aliphatic carbocycles. The average molecular weight is 719 g/mol. The van der Waals surface area contributed by atoms with Gasteiger partial charge in [-0.2, -0.15) is 0 Å². The molecule has 0 radical (unpaired) electrons. The van der Waals surface area contributed by atoms with Crippen LogP contribution in [0.1, 0.15) is 174 Å². The van der Waals surface area contributed by atoms with E-state index in [1.807, 2.05) is 30.3 Å². The van der Waals surface area contributed by atoms with Gasteiger partial charge < -0.3 is 28.4 Å². The summed E-state index contributed by atoms with van der Waals surface area (Å²) in [5, 5.41) is 0. The zero-order valence-corrected chi connectivity index (χ0v) is 32.9. The van der Waals surface area contributed by atoms with Crippen LogP contribution in [-0.4, -0.2) is 63.5 Å². The molecule has 1 aromatic carbocycles. The van der Waals surface area contributed by atoms with Gasteiger partial charge in [-0.15, -0.1) is 0 Å². The highest BCUT2D eigenvalue weighted by Crippen LogP contribution is 2.31. The first-order valence-corrected chi connectivity index (χ1v) is 20.8. The van der Waals surface area contributed by atoms with Gasteiger partial charge in [-0.25, -0.2) is 0 Å². The summed E-state index contributed by atoms with van der Waals surface area (Å²) in [5.41, 5.74) is 0.971. The summed E-state index contributed by atoms with van der Waals surface area (Å²) in [6.07, 6.45) is 22.9. The van der Waals surface area contributed by atoms with Gasteiger partial charge in [0, 0.05) is 27.1 Å². The summed E-state index contributed by atoms with van der Waals surface area (Å²) in [7, 11) is 3.10. The fraction of sp³-hybridized carbons (Fsp3) is 0.814. The number of unbranched alkanes of at least 4 members (excludes halogenated alkanes) is 20. The minimum Gasteiger partial charge on any atom is -0.455 e. The quantitative estimate of drug-likeness (QED) is 0.0537. The molecule has 294 valence electrons. The molecular weight excluding hydrogens is 644 g/mol. The van der Waals surface area contributed by atoms with Gasteiger partial charge in [0.05, 0.1) is 13.2 Å². The van der Waals surface area contributed by atoms with Crippen LogP contribution in [0.4, 0.5) is 0 Å². The second-order valence-corrected chi connectivity index (χ2v) is 14.5. The molecule has 1 fully saturated rings. The molecule has 0 saturated carbocycles. The Hall–Kier alpha value is -2.00. The molecule has 0 spiro atoms. The number of esters is 2. The first-order chi connectivity index (χ1) is 25.0. The number of ether oxygens (including phenoxy) is 6. The Morgan fingerprint density at radius 1 is 0.569 bits per heavy atom. The third kappa shape index (κ3) is 20.7. The van der Waals surface area contributed by atoms with Crippen molar-refractivity contribution in [3.05, 3.63) is 35.9 Å². The number of hydrogen-bond donors (Lipinski definition) is 0. The van der Waals surface area contributed by atoms with Crippen LogP contribution < -0.4 is 0 Å². The van der Waals surface area contributed by atoms with Crippen LogP contribution in [0, 0.1) is 0 Å². The summed E-state index contributed by atoms with van der Waals surface area (Å²) < 4.78 is 36.0. The smallest absolute Gasteiger partial charge is 0.306 e. The Kier molecular flexibility index (Phi) is 27.0. The summed E-state index contributed by atoms with van der Waals surface area (Å²) in [6, 6.07) is 9.81. The summed E-state index contributed by atoms with van der Waals surface area (Å²) in [5.74, 6) is -0.677. The van der Waals surface area contributed by atoms with Gasteiger partial charge in [0.2, 0.25) is 0 Å². The van der Waals surface area contributed by atoms with E-state index < -0.39 is 30.7 Å². The number of carbonyl (C=O) groups excluding carboxylic acids is 2. The van der Waals surface area contributed by atoms with Crippen LogP contribution in [0.25, 0.3) is 0 Å². The van der Waals surface area contributed by atoms with E-state index in [1.54, 1.807) is 7.11 Å². The van der Waals surface area contributed by atoms with Gasteiger partial charge in [0.1, 0.15) is 12.2 Å². The number of benzene rings is 1. The summed E-state index contributed by atoms with van der Waals surface area (Å²) in [6.45, 7) is 4.98. The van der Waals surface area contributed by atoms with Crippen molar-refractivity contribution in [2.75, 3.05) is 20.8 Å². The van der Waals surface area contributed by atoms with Crippen molar-refractivity contribution in [2.45, 2.75) is 205 Å². The number of rotatable bonds is 32. The third-order valence-electron chi connectivity index (χ3n) is 9.94. The molecule has 0 unspecified atom stereocenters. The monoisotopic (exact) mass is 719 g/mol. The molecule has 0 N–H and O–H groups in total. The maximum Gasteiger partial charge on any atom is 0.306 e. The molecule has 1 saturated heterocycles. The van der Waals surface area contributed by atoms with Crippen LogP contribution in [0.2, 0.25) is 0 Å².